The van der Waals surface area contributed by atoms with E-state index in [4.69, 9.17) is 9.97 Å². The zero-order chi connectivity index (χ0) is 28.1. The van der Waals surface area contributed by atoms with Crippen molar-refractivity contribution in [3.05, 3.63) is 168 Å². The van der Waals surface area contributed by atoms with Crippen LogP contribution in [0.4, 0.5) is 0 Å². The van der Waals surface area contributed by atoms with E-state index >= 15 is 0 Å². The SMILES string of the molecule is c1ccc(-c2nc(-c3cccc4c3-c3ccccc3C43c4cccc5ccc6cccc3c6c45)nc3ccccc23)cc1. The van der Waals surface area contributed by atoms with Crippen LogP contribution in [-0.2, 0) is 5.41 Å². The van der Waals surface area contributed by atoms with Gasteiger partial charge >= 0.3 is 0 Å². The highest BCUT2D eigenvalue weighted by Crippen LogP contribution is 2.63. The van der Waals surface area contributed by atoms with Gasteiger partial charge in [0, 0.05) is 16.5 Å². The first kappa shape index (κ1) is 23.0. The minimum atomic E-state index is -0.399. The maximum absolute atomic E-state index is 5.31. The molecule has 2 aliphatic carbocycles. The summed E-state index contributed by atoms with van der Waals surface area (Å²) >= 11 is 0. The van der Waals surface area contributed by atoms with Crippen LogP contribution in [-0.4, -0.2) is 9.97 Å². The summed E-state index contributed by atoms with van der Waals surface area (Å²) < 4.78 is 0. The summed E-state index contributed by atoms with van der Waals surface area (Å²) in [6, 6.07) is 52.7. The van der Waals surface area contributed by atoms with Gasteiger partial charge in [-0.15, -0.1) is 0 Å². The average molecular weight is 545 g/mol. The third-order valence-electron chi connectivity index (χ3n) is 9.65. The molecule has 0 unspecified atom stereocenters. The van der Waals surface area contributed by atoms with E-state index in [-0.39, 0.29) is 0 Å². The zero-order valence-electron chi connectivity index (χ0n) is 23.3. The number of fused-ring (bicyclic) bond motifs is 8. The minimum Gasteiger partial charge on any atom is -0.228 e. The molecule has 0 radical (unpaired) electrons. The molecule has 0 atom stereocenters. The Morgan fingerprint density at radius 1 is 0.419 bits per heavy atom. The second-order valence-electron chi connectivity index (χ2n) is 11.7. The largest absolute Gasteiger partial charge is 0.228 e. The van der Waals surface area contributed by atoms with Crippen molar-refractivity contribution in [2.75, 3.05) is 0 Å². The summed E-state index contributed by atoms with van der Waals surface area (Å²) in [5, 5.41) is 6.39. The quantitative estimate of drug-likeness (QED) is 0.202. The lowest BCUT2D eigenvalue weighted by molar-refractivity contribution is 0.797. The molecular weight excluding hydrogens is 520 g/mol. The molecule has 0 fully saturated rings. The Morgan fingerprint density at radius 3 is 1.81 bits per heavy atom. The van der Waals surface area contributed by atoms with E-state index < -0.39 is 5.41 Å². The maximum Gasteiger partial charge on any atom is 0.161 e. The van der Waals surface area contributed by atoms with E-state index in [0.29, 0.717) is 0 Å². The van der Waals surface area contributed by atoms with Gasteiger partial charge in [0.2, 0.25) is 0 Å². The molecule has 0 aliphatic heterocycles. The van der Waals surface area contributed by atoms with Crippen molar-refractivity contribution in [1.82, 2.24) is 9.97 Å². The van der Waals surface area contributed by atoms with Crippen LogP contribution in [0, 0.1) is 0 Å². The molecule has 1 spiro atoms. The highest BCUT2D eigenvalue weighted by atomic mass is 14.9. The van der Waals surface area contributed by atoms with Crippen molar-refractivity contribution in [2.24, 2.45) is 0 Å². The van der Waals surface area contributed by atoms with Crippen molar-refractivity contribution < 1.29 is 0 Å². The first-order chi connectivity index (χ1) is 21.3. The zero-order valence-corrected chi connectivity index (χ0v) is 23.3. The molecule has 0 bridgehead atoms. The smallest absolute Gasteiger partial charge is 0.161 e. The van der Waals surface area contributed by atoms with Crippen LogP contribution in [0.25, 0.3) is 66.2 Å². The highest BCUT2D eigenvalue weighted by molar-refractivity contribution is 6.17. The van der Waals surface area contributed by atoms with Gasteiger partial charge in [-0.05, 0) is 61.0 Å². The van der Waals surface area contributed by atoms with Crippen LogP contribution in [0.2, 0.25) is 0 Å². The van der Waals surface area contributed by atoms with Crippen LogP contribution in [0.15, 0.2) is 146 Å². The number of nitrogens with zero attached hydrogens (tertiary/aromatic N) is 2. The Balaban J connectivity index is 1.34. The molecule has 0 amide bonds. The molecule has 43 heavy (non-hydrogen) atoms. The number of rotatable bonds is 2. The van der Waals surface area contributed by atoms with E-state index in [0.717, 1.165) is 33.5 Å². The molecule has 0 N–H and O–H groups in total. The van der Waals surface area contributed by atoms with Crippen molar-refractivity contribution in [1.29, 1.82) is 0 Å². The standard InChI is InChI=1S/C41H24N2/c1-2-11-27(12-3-1)39-29-16-5-7-22-35(29)42-40(43-39)30-17-10-21-34-38(30)28-15-4-6-18-31(28)41(34)32-19-8-13-25-23-24-26-14-9-20-33(41)37(26)36(25)32/h1-24H. The van der Waals surface area contributed by atoms with Gasteiger partial charge in [0.25, 0.3) is 0 Å². The molecule has 2 heteroatoms. The highest BCUT2D eigenvalue weighted by Gasteiger charge is 2.51. The van der Waals surface area contributed by atoms with Gasteiger partial charge in [-0.1, -0.05) is 140 Å². The van der Waals surface area contributed by atoms with Gasteiger partial charge < -0.3 is 0 Å². The Hall–Kier alpha value is -5.60. The molecule has 1 heterocycles. The molecule has 0 saturated heterocycles. The third-order valence-corrected chi connectivity index (χ3v) is 9.65. The van der Waals surface area contributed by atoms with E-state index in [1.807, 2.05) is 0 Å². The number of hydrogen-bond acceptors (Lipinski definition) is 2. The van der Waals surface area contributed by atoms with Crippen LogP contribution < -0.4 is 0 Å². The molecule has 10 rings (SSSR count). The monoisotopic (exact) mass is 544 g/mol. The molecule has 0 saturated carbocycles. The normalized spacial score (nSPS) is 13.8. The molecule has 198 valence electrons. The lowest BCUT2D eigenvalue weighted by atomic mass is 9.70. The van der Waals surface area contributed by atoms with Crippen LogP contribution in [0.3, 0.4) is 0 Å². The van der Waals surface area contributed by atoms with E-state index in [1.165, 1.54) is 54.9 Å². The van der Waals surface area contributed by atoms with E-state index in [1.54, 1.807) is 0 Å². The molecule has 2 nitrogen and oxygen atoms in total. The lowest BCUT2D eigenvalue weighted by Crippen LogP contribution is -2.26. The number of hydrogen-bond donors (Lipinski definition) is 0. The summed E-state index contributed by atoms with van der Waals surface area (Å²) in [7, 11) is 0. The summed E-state index contributed by atoms with van der Waals surface area (Å²) in [6.45, 7) is 0. The van der Waals surface area contributed by atoms with E-state index in [9.17, 15) is 0 Å². The summed E-state index contributed by atoms with van der Waals surface area (Å²) in [5.41, 5.74) is 11.5. The molecular formula is C41H24N2. The van der Waals surface area contributed by atoms with Crippen LogP contribution in [0.1, 0.15) is 22.3 Å². The summed E-state index contributed by atoms with van der Waals surface area (Å²) in [5.74, 6) is 0.758. The van der Waals surface area contributed by atoms with Gasteiger partial charge in [0.05, 0.1) is 16.6 Å². The third kappa shape index (κ3) is 2.83. The van der Waals surface area contributed by atoms with Gasteiger partial charge in [-0.3, -0.25) is 0 Å². The molecule has 7 aromatic carbocycles. The second-order valence-corrected chi connectivity index (χ2v) is 11.7. The lowest BCUT2D eigenvalue weighted by Gasteiger charge is -2.31. The van der Waals surface area contributed by atoms with Crippen LogP contribution >= 0.6 is 0 Å². The molecule has 8 aromatic rings. The Labute approximate surface area is 248 Å². The van der Waals surface area contributed by atoms with Gasteiger partial charge in [-0.2, -0.15) is 0 Å². The topological polar surface area (TPSA) is 25.8 Å². The molecule has 1 aromatic heterocycles. The fourth-order valence-corrected chi connectivity index (χ4v) is 8.03. The Kier molecular flexibility index (Phi) is 4.41. The first-order valence-electron chi connectivity index (χ1n) is 14.9. The van der Waals surface area contributed by atoms with Crippen molar-refractivity contribution in [3.8, 4) is 33.8 Å². The predicted molar refractivity (Wildman–Crippen MR) is 176 cm³/mol. The fraction of sp³-hybridized carbons (Fsp3) is 0.0244. The van der Waals surface area contributed by atoms with Gasteiger partial charge in [0.15, 0.2) is 5.82 Å². The molecule has 2 aliphatic rings. The average Bonchev–Trinajstić information content (AvgIpc) is 3.56. The summed E-state index contributed by atoms with van der Waals surface area (Å²) in [6.07, 6.45) is 0. The predicted octanol–water partition coefficient (Wildman–Crippen LogP) is 9.95. The minimum absolute atomic E-state index is 0.399. The number of benzene rings is 7. The van der Waals surface area contributed by atoms with Crippen molar-refractivity contribution in [2.45, 2.75) is 5.41 Å². The summed E-state index contributed by atoms with van der Waals surface area (Å²) in [4.78, 5) is 10.5. The fourth-order valence-electron chi connectivity index (χ4n) is 8.03. The first-order valence-corrected chi connectivity index (χ1v) is 14.9. The van der Waals surface area contributed by atoms with Crippen LogP contribution in [0.5, 0.6) is 0 Å². The van der Waals surface area contributed by atoms with Crippen molar-refractivity contribution in [3.63, 3.8) is 0 Å². The number of para-hydroxylation sites is 1. The van der Waals surface area contributed by atoms with Gasteiger partial charge in [-0.25, -0.2) is 9.97 Å². The van der Waals surface area contributed by atoms with Crippen molar-refractivity contribution >= 4 is 32.4 Å². The second kappa shape index (κ2) is 8.24. The van der Waals surface area contributed by atoms with E-state index in [2.05, 4.69) is 146 Å². The van der Waals surface area contributed by atoms with Gasteiger partial charge in [0.1, 0.15) is 0 Å². The number of aromatic nitrogens is 2. The Bertz CT molecular complexity index is 2390. The Morgan fingerprint density at radius 2 is 1.02 bits per heavy atom. The maximum atomic E-state index is 5.31.